The number of pyridine rings is 3. The molecule has 0 saturated carbocycles. The van der Waals surface area contributed by atoms with Crippen LogP contribution in [0.2, 0.25) is 0 Å². The third-order valence-electron chi connectivity index (χ3n) is 5.01. The molecule has 6 heteroatoms. The van der Waals surface area contributed by atoms with Crippen LogP contribution in [0.4, 0.5) is 0 Å². The highest BCUT2D eigenvalue weighted by atomic mass is 16.5. The van der Waals surface area contributed by atoms with Crippen LogP contribution in [0.5, 0.6) is 5.75 Å². The molecule has 0 unspecified atom stereocenters. The Morgan fingerprint density at radius 3 is 2.67 bits per heavy atom. The first-order valence-electron chi connectivity index (χ1n) is 9.58. The van der Waals surface area contributed by atoms with Crippen molar-refractivity contribution in [3.8, 4) is 5.75 Å². The minimum atomic E-state index is -0.331. The van der Waals surface area contributed by atoms with Crippen molar-refractivity contribution in [1.82, 2.24) is 14.5 Å². The molecule has 6 nitrogen and oxygen atoms in total. The van der Waals surface area contributed by atoms with Gasteiger partial charge in [0.15, 0.2) is 5.78 Å². The zero-order valence-corrected chi connectivity index (χ0v) is 17.0. The summed E-state index contributed by atoms with van der Waals surface area (Å²) in [5.41, 5.74) is 3.29. The maximum absolute atomic E-state index is 13.2. The van der Waals surface area contributed by atoms with E-state index in [1.165, 1.54) is 0 Å². The highest BCUT2D eigenvalue weighted by Gasteiger charge is 2.18. The molecule has 0 N–H and O–H groups in total. The second kappa shape index (κ2) is 7.91. The number of carbonyl (C=O) groups excluding carboxylic acids is 1. The zero-order valence-electron chi connectivity index (χ0n) is 17.0. The molecule has 0 radical (unpaired) electrons. The molecule has 150 valence electrons. The summed E-state index contributed by atoms with van der Waals surface area (Å²) in [5, 5.41) is 0.404. The summed E-state index contributed by atoms with van der Waals surface area (Å²) in [7, 11) is 1.58. The minimum Gasteiger partial charge on any atom is -0.496 e. The molecule has 0 atom stereocenters. The molecule has 4 rings (SSSR count). The van der Waals surface area contributed by atoms with Gasteiger partial charge in [-0.3, -0.25) is 14.6 Å². The fourth-order valence-electron chi connectivity index (χ4n) is 3.54. The minimum absolute atomic E-state index is 0.104. The molecule has 0 aliphatic rings. The number of methoxy groups -OCH3 is 1. The Bertz CT molecular complexity index is 1330. The summed E-state index contributed by atoms with van der Waals surface area (Å²) in [5.74, 6) is 0.361. The highest BCUT2D eigenvalue weighted by Crippen LogP contribution is 2.21. The normalized spacial score (nSPS) is 10.9. The Labute approximate surface area is 173 Å². The van der Waals surface area contributed by atoms with Crippen LogP contribution in [0.25, 0.3) is 11.0 Å². The first-order chi connectivity index (χ1) is 14.5. The van der Waals surface area contributed by atoms with Crippen molar-refractivity contribution in [2.24, 2.45) is 0 Å². The molecule has 0 aliphatic carbocycles. The van der Waals surface area contributed by atoms with Crippen LogP contribution in [0.1, 0.15) is 32.9 Å². The summed E-state index contributed by atoms with van der Waals surface area (Å²) in [4.78, 5) is 35.2. The lowest BCUT2D eigenvalue weighted by atomic mass is 10.0. The Morgan fingerprint density at radius 1 is 1.10 bits per heavy atom. The fraction of sp³-hybridized carbons (Fsp3) is 0.167. The molecule has 0 fully saturated rings. The maximum Gasteiger partial charge on any atom is 0.202 e. The molecule has 0 bridgehead atoms. The third-order valence-corrected chi connectivity index (χ3v) is 5.01. The number of fused-ring (bicyclic) bond motifs is 1. The van der Waals surface area contributed by atoms with Crippen LogP contribution in [0.3, 0.4) is 0 Å². The van der Waals surface area contributed by atoms with Gasteiger partial charge in [0, 0.05) is 23.7 Å². The lowest BCUT2D eigenvalue weighted by molar-refractivity contribution is 0.103. The van der Waals surface area contributed by atoms with E-state index in [2.05, 4.69) is 9.97 Å². The Kier molecular flexibility index (Phi) is 5.14. The Morgan fingerprint density at radius 2 is 1.93 bits per heavy atom. The van der Waals surface area contributed by atoms with Gasteiger partial charge in [0.2, 0.25) is 5.43 Å². The number of rotatable bonds is 5. The van der Waals surface area contributed by atoms with Crippen molar-refractivity contribution in [3.63, 3.8) is 0 Å². The predicted octanol–water partition coefficient (Wildman–Crippen LogP) is 3.70. The number of nitrogens with zero attached hydrogens (tertiary/aromatic N) is 3. The van der Waals surface area contributed by atoms with Crippen molar-refractivity contribution in [2.75, 3.05) is 7.11 Å². The number of aromatic nitrogens is 3. The summed E-state index contributed by atoms with van der Waals surface area (Å²) in [6, 6.07) is 14.3. The van der Waals surface area contributed by atoms with Crippen LogP contribution >= 0.6 is 0 Å². The smallest absolute Gasteiger partial charge is 0.202 e. The quantitative estimate of drug-likeness (QED) is 0.479. The number of benzene rings is 1. The SMILES string of the molecule is COc1ccc(C(=O)c2cn(Cc3cccc(C)n3)c3ncccc3c2=O)cc1C. The average Bonchev–Trinajstić information content (AvgIpc) is 2.75. The van der Waals surface area contributed by atoms with Gasteiger partial charge in [-0.05, 0) is 61.9 Å². The van der Waals surface area contributed by atoms with Crippen LogP contribution in [-0.2, 0) is 6.54 Å². The third kappa shape index (κ3) is 3.59. The topological polar surface area (TPSA) is 74.1 Å². The van der Waals surface area contributed by atoms with E-state index in [9.17, 15) is 9.59 Å². The van der Waals surface area contributed by atoms with Crippen LogP contribution in [0.15, 0.2) is 65.7 Å². The average molecular weight is 399 g/mol. The fourth-order valence-corrected chi connectivity index (χ4v) is 3.54. The first-order valence-corrected chi connectivity index (χ1v) is 9.58. The second-order valence-corrected chi connectivity index (χ2v) is 7.16. The van der Waals surface area contributed by atoms with Gasteiger partial charge >= 0.3 is 0 Å². The number of hydrogen-bond donors (Lipinski definition) is 0. The predicted molar refractivity (Wildman–Crippen MR) is 115 cm³/mol. The van der Waals surface area contributed by atoms with Gasteiger partial charge in [-0.2, -0.15) is 0 Å². The standard InChI is InChI=1S/C24H21N3O3/c1-15-12-17(9-10-21(15)30-3)22(28)20-14-27(13-18-7-4-6-16(2)26-18)24-19(23(20)29)8-5-11-25-24/h4-12,14H,13H2,1-3H3. The lowest BCUT2D eigenvalue weighted by Crippen LogP contribution is -2.21. The molecule has 0 amide bonds. The molecule has 1 aromatic carbocycles. The first kappa shape index (κ1) is 19.5. The summed E-state index contributed by atoms with van der Waals surface area (Å²) in [6.07, 6.45) is 3.22. The summed E-state index contributed by atoms with van der Waals surface area (Å²) < 4.78 is 7.08. The molecule has 0 saturated heterocycles. The van der Waals surface area contributed by atoms with Crippen molar-refractivity contribution in [2.45, 2.75) is 20.4 Å². The second-order valence-electron chi connectivity index (χ2n) is 7.16. The zero-order chi connectivity index (χ0) is 21.3. The van der Waals surface area contributed by atoms with Crippen LogP contribution in [-0.4, -0.2) is 27.4 Å². The van der Waals surface area contributed by atoms with E-state index < -0.39 is 0 Å². The van der Waals surface area contributed by atoms with Gasteiger partial charge < -0.3 is 9.30 Å². The van der Waals surface area contributed by atoms with Gasteiger partial charge in [0.05, 0.1) is 30.3 Å². The van der Waals surface area contributed by atoms with Crippen molar-refractivity contribution in [3.05, 3.63) is 99.2 Å². The lowest BCUT2D eigenvalue weighted by Gasteiger charge is -2.13. The van der Waals surface area contributed by atoms with E-state index in [1.807, 2.05) is 36.6 Å². The number of ketones is 1. The largest absolute Gasteiger partial charge is 0.496 e. The van der Waals surface area contributed by atoms with E-state index in [-0.39, 0.29) is 16.8 Å². The number of carbonyl (C=O) groups is 1. The molecule has 0 spiro atoms. The van der Waals surface area contributed by atoms with Gasteiger partial charge in [0.1, 0.15) is 11.4 Å². The van der Waals surface area contributed by atoms with Gasteiger partial charge in [-0.15, -0.1) is 0 Å². The van der Waals surface area contributed by atoms with E-state index in [0.717, 1.165) is 17.0 Å². The molecular weight excluding hydrogens is 378 g/mol. The highest BCUT2D eigenvalue weighted by molar-refractivity contribution is 6.10. The van der Waals surface area contributed by atoms with Gasteiger partial charge in [0.25, 0.3) is 0 Å². The number of ether oxygens (including phenoxy) is 1. The molecule has 30 heavy (non-hydrogen) atoms. The number of hydrogen-bond acceptors (Lipinski definition) is 5. The van der Waals surface area contributed by atoms with Gasteiger partial charge in [-0.1, -0.05) is 6.07 Å². The van der Waals surface area contributed by atoms with E-state index in [4.69, 9.17) is 4.74 Å². The molecule has 3 aromatic heterocycles. The van der Waals surface area contributed by atoms with Crippen LogP contribution < -0.4 is 10.2 Å². The van der Waals surface area contributed by atoms with Crippen molar-refractivity contribution >= 4 is 16.8 Å². The van der Waals surface area contributed by atoms with Crippen molar-refractivity contribution in [1.29, 1.82) is 0 Å². The molecular formula is C24H21N3O3. The molecule has 4 aromatic rings. The maximum atomic E-state index is 13.2. The van der Waals surface area contributed by atoms with Crippen molar-refractivity contribution < 1.29 is 9.53 Å². The van der Waals surface area contributed by atoms with E-state index in [1.54, 1.807) is 49.8 Å². The Hall–Kier alpha value is -3.80. The Balaban J connectivity index is 1.86. The number of aryl methyl sites for hydroxylation is 2. The summed E-state index contributed by atoms with van der Waals surface area (Å²) in [6.45, 7) is 4.19. The van der Waals surface area contributed by atoms with E-state index in [0.29, 0.717) is 28.9 Å². The molecule has 3 heterocycles. The molecule has 0 aliphatic heterocycles. The van der Waals surface area contributed by atoms with Crippen LogP contribution in [0, 0.1) is 13.8 Å². The van der Waals surface area contributed by atoms with E-state index >= 15 is 0 Å². The monoisotopic (exact) mass is 399 g/mol. The van der Waals surface area contributed by atoms with Gasteiger partial charge in [-0.25, -0.2) is 4.98 Å². The summed E-state index contributed by atoms with van der Waals surface area (Å²) >= 11 is 0.